The average molecular weight is 585 g/mol. The molecule has 1 fully saturated rings. The van der Waals surface area contributed by atoms with Crippen LogP contribution in [0.4, 0.5) is 17.6 Å². The molecule has 0 radical (unpaired) electrons. The maximum atomic E-state index is 16.5. The van der Waals surface area contributed by atoms with Crippen molar-refractivity contribution in [3.63, 3.8) is 0 Å². The molecule has 0 aliphatic heterocycles. The molecule has 0 saturated heterocycles. The van der Waals surface area contributed by atoms with E-state index in [1.165, 1.54) is 13.2 Å². The lowest BCUT2D eigenvalue weighted by Gasteiger charge is -2.22. The molecule has 1 atom stereocenters. The van der Waals surface area contributed by atoms with Gasteiger partial charge in [0.2, 0.25) is 5.88 Å². The largest absolute Gasteiger partial charge is 0.471 e. The van der Waals surface area contributed by atoms with Gasteiger partial charge < -0.3 is 24.1 Å². The Morgan fingerprint density at radius 1 is 1.10 bits per heavy atom. The minimum absolute atomic E-state index is 0.0975. The first kappa shape index (κ1) is 29.4. The van der Waals surface area contributed by atoms with E-state index in [1.807, 2.05) is 0 Å². The standard InChI is InChI=1S/C31H28F4N2O5/c1-6-17-8-7-9-18-10-19(41-16-39-5)11-20(23(17)18)24-22(32)12-21-26(25(24)33)36-28(37-27(21)42-29(2,3)4)40-15-30(14-38)13-31(30,34)35/h1,7-12,38H,13-16H2,2-5H3/t30-/m1/s1. The summed E-state index contributed by atoms with van der Waals surface area (Å²) < 4.78 is 82.2. The number of hydrogen-bond acceptors (Lipinski definition) is 7. The van der Waals surface area contributed by atoms with E-state index in [-0.39, 0.29) is 34.9 Å². The lowest BCUT2D eigenvalue weighted by atomic mass is 9.93. The molecule has 1 N–H and O–H groups in total. The van der Waals surface area contributed by atoms with Crippen LogP contribution in [0.2, 0.25) is 0 Å². The molecular formula is C31H28F4N2O5. The number of aromatic nitrogens is 2. The number of benzene rings is 3. The van der Waals surface area contributed by atoms with Crippen LogP contribution in [0.1, 0.15) is 32.8 Å². The Morgan fingerprint density at radius 2 is 1.83 bits per heavy atom. The van der Waals surface area contributed by atoms with Gasteiger partial charge in [-0.25, -0.2) is 17.6 Å². The van der Waals surface area contributed by atoms with Gasteiger partial charge in [-0.05, 0) is 50.4 Å². The highest BCUT2D eigenvalue weighted by atomic mass is 19.3. The zero-order chi connectivity index (χ0) is 30.4. The molecule has 1 aromatic heterocycles. The molecule has 1 heterocycles. The van der Waals surface area contributed by atoms with E-state index < -0.39 is 59.8 Å². The summed E-state index contributed by atoms with van der Waals surface area (Å²) in [4.78, 5) is 8.26. The predicted octanol–water partition coefficient (Wildman–Crippen LogP) is 6.27. The van der Waals surface area contributed by atoms with Gasteiger partial charge in [-0.2, -0.15) is 9.97 Å². The van der Waals surface area contributed by atoms with Gasteiger partial charge in [-0.3, -0.25) is 0 Å². The van der Waals surface area contributed by atoms with Gasteiger partial charge in [0, 0.05) is 30.0 Å². The van der Waals surface area contributed by atoms with Gasteiger partial charge in [0.05, 0.1) is 23.0 Å². The van der Waals surface area contributed by atoms with Gasteiger partial charge >= 0.3 is 6.01 Å². The number of rotatable bonds is 9. The van der Waals surface area contributed by atoms with E-state index in [1.54, 1.807) is 45.0 Å². The minimum atomic E-state index is -3.13. The third-order valence-corrected chi connectivity index (χ3v) is 6.94. The van der Waals surface area contributed by atoms with Crippen molar-refractivity contribution in [2.75, 3.05) is 27.1 Å². The van der Waals surface area contributed by atoms with Crippen molar-refractivity contribution >= 4 is 21.7 Å². The van der Waals surface area contributed by atoms with Crippen LogP contribution < -0.4 is 14.2 Å². The fraction of sp³-hybridized carbons (Fsp3) is 0.355. The molecule has 0 amide bonds. The van der Waals surface area contributed by atoms with Crippen molar-refractivity contribution in [2.24, 2.45) is 5.41 Å². The maximum Gasteiger partial charge on any atom is 0.320 e. The maximum absolute atomic E-state index is 16.5. The van der Waals surface area contributed by atoms with Crippen LogP contribution in [-0.4, -0.2) is 53.7 Å². The van der Waals surface area contributed by atoms with Gasteiger partial charge in [-0.1, -0.05) is 18.1 Å². The second-order valence-electron chi connectivity index (χ2n) is 11.1. The van der Waals surface area contributed by atoms with Crippen molar-refractivity contribution < 1.29 is 41.6 Å². The highest BCUT2D eigenvalue weighted by Crippen LogP contribution is 2.60. The van der Waals surface area contributed by atoms with E-state index >= 15 is 8.78 Å². The minimum Gasteiger partial charge on any atom is -0.471 e. The van der Waals surface area contributed by atoms with E-state index in [4.69, 9.17) is 25.4 Å². The van der Waals surface area contributed by atoms with Crippen molar-refractivity contribution in [2.45, 2.75) is 38.7 Å². The topological polar surface area (TPSA) is 82.9 Å². The van der Waals surface area contributed by atoms with E-state index in [2.05, 4.69) is 15.9 Å². The lowest BCUT2D eigenvalue weighted by molar-refractivity contribution is 0.0124. The Bertz CT molecular complexity index is 1730. The second-order valence-corrected chi connectivity index (χ2v) is 11.1. The molecule has 0 unspecified atom stereocenters. The molecule has 4 aromatic rings. The fourth-order valence-corrected chi connectivity index (χ4v) is 4.71. The van der Waals surface area contributed by atoms with E-state index in [0.717, 1.165) is 6.07 Å². The number of halogens is 4. The number of nitrogens with zero attached hydrogens (tertiary/aromatic N) is 2. The number of hydrogen-bond donors (Lipinski definition) is 1. The molecule has 220 valence electrons. The van der Waals surface area contributed by atoms with Crippen LogP contribution in [0.25, 0.3) is 32.8 Å². The van der Waals surface area contributed by atoms with Crippen molar-refractivity contribution in [3.05, 3.63) is 53.6 Å². The summed E-state index contributed by atoms with van der Waals surface area (Å²) in [7, 11) is 1.43. The highest BCUT2D eigenvalue weighted by Gasteiger charge is 2.71. The first-order chi connectivity index (χ1) is 19.8. The van der Waals surface area contributed by atoms with Crippen LogP contribution >= 0.6 is 0 Å². The molecule has 7 nitrogen and oxygen atoms in total. The summed E-state index contributed by atoms with van der Waals surface area (Å²) in [5.74, 6) is -2.55. The Hall–Kier alpha value is -4.14. The zero-order valence-corrected chi connectivity index (χ0v) is 23.4. The van der Waals surface area contributed by atoms with Gasteiger partial charge in [0.25, 0.3) is 5.92 Å². The molecule has 5 rings (SSSR count). The van der Waals surface area contributed by atoms with Gasteiger partial charge in [0.15, 0.2) is 12.6 Å². The number of ether oxygens (including phenoxy) is 4. The molecule has 1 aliphatic carbocycles. The summed E-state index contributed by atoms with van der Waals surface area (Å²) in [6.07, 6.45) is 5.16. The van der Waals surface area contributed by atoms with Crippen molar-refractivity contribution in [3.8, 4) is 41.1 Å². The number of fused-ring (bicyclic) bond motifs is 2. The molecule has 11 heteroatoms. The summed E-state index contributed by atoms with van der Waals surface area (Å²) in [5.41, 5.74) is -2.99. The predicted molar refractivity (Wildman–Crippen MR) is 148 cm³/mol. The summed E-state index contributed by atoms with van der Waals surface area (Å²) in [5, 5.41) is 10.4. The second kappa shape index (κ2) is 10.6. The first-order valence-electron chi connectivity index (χ1n) is 13.0. The van der Waals surface area contributed by atoms with Crippen molar-refractivity contribution in [1.29, 1.82) is 0 Å². The molecule has 0 spiro atoms. The first-order valence-corrected chi connectivity index (χ1v) is 13.0. The Morgan fingerprint density at radius 3 is 2.45 bits per heavy atom. The van der Waals surface area contributed by atoms with Gasteiger partial charge in [-0.15, -0.1) is 6.42 Å². The molecule has 42 heavy (non-hydrogen) atoms. The van der Waals surface area contributed by atoms with Crippen LogP contribution in [0.15, 0.2) is 36.4 Å². The normalized spacial score (nSPS) is 17.7. The molecule has 3 aromatic carbocycles. The molecular weight excluding hydrogens is 556 g/mol. The Kier molecular flexibility index (Phi) is 7.41. The number of aliphatic hydroxyl groups is 1. The van der Waals surface area contributed by atoms with Crippen LogP contribution in [0.5, 0.6) is 17.6 Å². The van der Waals surface area contributed by atoms with Crippen molar-refractivity contribution in [1.82, 2.24) is 9.97 Å². The van der Waals surface area contributed by atoms with Crippen LogP contribution in [0, 0.1) is 29.4 Å². The van der Waals surface area contributed by atoms with E-state index in [0.29, 0.717) is 16.3 Å². The van der Waals surface area contributed by atoms with Gasteiger partial charge in [0.1, 0.15) is 29.3 Å². The number of terminal acetylenes is 1. The SMILES string of the molecule is C#Cc1cccc2cc(OCOC)cc(-c3c(F)cc4c(OC(C)(C)C)nc(OC[C@]5(CO)CC5(F)F)nc4c3F)c12. The number of alkyl halides is 2. The molecule has 1 aliphatic rings. The van der Waals surface area contributed by atoms with Crippen LogP contribution in [-0.2, 0) is 4.74 Å². The van der Waals surface area contributed by atoms with Crippen LogP contribution in [0.3, 0.4) is 0 Å². The quantitative estimate of drug-likeness (QED) is 0.141. The third kappa shape index (κ3) is 5.28. The smallest absolute Gasteiger partial charge is 0.320 e. The fourth-order valence-electron chi connectivity index (χ4n) is 4.71. The monoisotopic (exact) mass is 584 g/mol. The third-order valence-electron chi connectivity index (χ3n) is 6.94. The molecule has 1 saturated carbocycles. The molecule has 0 bridgehead atoms. The number of aliphatic hydroxyl groups excluding tert-OH is 1. The zero-order valence-electron chi connectivity index (χ0n) is 23.4. The Labute approximate surface area is 239 Å². The van der Waals surface area contributed by atoms with E-state index in [9.17, 15) is 13.9 Å². The average Bonchev–Trinajstić information content (AvgIpc) is 3.50. The number of methoxy groups -OCH3 is 1. The lowest BCUT2D eigenvalue weighted by Crippen LogP contribution is -2.26. The highest BCUT2D eigenvalue weighted by molar-refractivity contribution is 6.03. The summed E-state index contributed by atoms with van der Waals surface area (Å²) in [6, 6.07) is 8.76. The summed E-state index contributed by atoms with van der Waals surface area (Å²) >= 11 is 0. The summed E-state index contributed by atoms with van der Waals surface area (Å²) in [6.45, 7) is 3.54. The Balaban J connectivity index is 1.73.